The number of ether oxygens (including phenoxy) is 1. The quantitative estimate of drug-likeness (QED) is 0.726. The SMILES string of the molecule is Fc1ccccc1N1OCC2COCCC21. The predicted molar refractivity (Wildman–Crippen MR) is 57.5 cm³/mol. The summed E-state index contributed by atoms with van der Waals surface area (Å²) >= 11 is 0. The Hall–Kier alpha value is -1.13. The molecule has 2 atom stereocenters. The fraction of sp³-hybridized carbons (Fsp3) is 0.500. The minimum atomic E-state index is -0.227. The number of hydrogen-bond acceptors (Lipinski definition) is 3. The number of hydroxylamine groups is 1. The Kier molecular flexibility index (Phi) is 2.53. The van der Waals surface area contributed by atoms with E-state index in [4.69, 9.17) is 9.57 Å². The maximum Gasteiger partial charge on any atom is 0.148 e. The molecule has 3 rings (SSSR count). The fourth-order valence-corrected chi connectivity index (χ4v) is 2.40. The molecule has 0 saturated carbocycles. The third kappa shape index (κ3) is 1.58. The molecule has 2 heterocycles. The van der Waals surface area contributed by atoms with Crippen LogP contribution in [0, 0.1) is 11.7 Å². The number of hydrogen-bond donors (Lipinski definition) is 0. The van der Waals surface area contributed by atoms with Crippen LogP contribution < -0.4 is 5.06 Å². The number of fused-ring (bicyclic) bond motifs is 1. The van der Waals surface area contributed by atoms with Crippen LogP contribution in [0.3, 0.4) is 0 Å². The highest BCUT2D eigenvalue weighted by atomic mass is 19.1. The van der Waals surface area contributed by atoms with E-state index in [0.29, 0.717) is 18.2 Å². The third-order valence-corrected chi connectivity index (χ3v) is 3.25. The fourth-order valence-electron chi connectivity index (χ4n) is 2.40. The number of anilines is 1. The second-order valence-electron chi connectivity index (χ2n) is 4.26. The number of para-hydroxylation sites is 1. The van der Waals surface area contributed by atoms with Crippen molar-refractivity contribution in [2.24, 2.45) is 5.92 Å². The van der Waals surface area contributed by atoms with Gasteiger partial charge in [0.2, 0.25) is 0 Å². The highest BCUT2D eigenvalue weighted by Gasteiger charge is 2.38. The van der Waals surface area contributed by atoms with Gasteiger partial charge >= 0.3 is 0 Å². The lowest BCUT2D eigenvalue weighted by atomic mass is 9.97. The highest BCUT2D eigenvalue weighted by Crippen LogP contribution is 2.33. The Labute approximate surface area is 93.7 Å². The highest BCUT2D eigenvalue weighted by molar-refractivity contribution is 5.47. The first kappa shape index (κ1) is 10.1. The zero-order valence-electron chi connectivity index (χ0n) is 8.93. The molecule has 0 N–H and O–H groups in total. The first-order chi connectivity index (χ1) is 7.86. The summed E-state index contributed by atoms with van der Waals surface area (Å²) < 4.78 is 19.0. The lowest BCUT2D eigenvalue weighted by Crippen LogP contribution is -2.38. The normalized spacial score (nSPS) is 29.2. The topological polar surface area (TPSA) is 21.7 Å². The Bertz CT molecular complexity index is 385. The summed E-state index contributed by atoms with van der Waals surface area (Å²) in [6.45, 7) is 2.07. The smallest absolute Gasteiger partial charge is 0.148 e. The molecule has 2 aliphatic rings. The maximum absolute atomic E-state index is 13.6. The van der Waals surface area contributed by atoms with E-state index >= 15 is 0 Å². The zero-order chi connectivity index (χ0) is 11.0. The van der Waals surface area contributed by atoms with Crippen LogP contribution in [0.25, 0.3) is 0 Å². The van der Waals surface area contributed by atoms with E-state index in [1.807, 2.05) is 6.07 Å². The molecule has 2 aliphatic heterocycles. The van der Waals surface area contributed by atoms with E-state index in [9.17, 15) is 4.39 Å². The largest absolute Gasteiger partial charge is 0.381 e. The molecular formula is C12H14FNO2. The van der Waals surface area contributed by atoms with Crippen molar-refractivity contribution in [2.45, 2.75) is 12.5 Å². The van der Waals surface area contributed by atoms with Gasteiger partial charge in [0.05, 0.1) is 24.9 Å². The molecule has 2 fully saturated rings. The van der Waals surface area contributed by atoms with Crippen LogP contribution in [0.4, 0.5) is 10.1 Å². The van der Waals surface area contributed by atoms with E-state index in [-0.39, 0.29) is 11.9 Å². The number of benzene rings is 1. The molecular weight excluding hydrogens is 209 g/mol. The molecule has 4 heteroatoms. The summed E-state index contributed by atoms with van der Waals surface area (Å²) in [6, 6.07) is 6.99. The maximum atomic E-state index is 13.6. The molecule has 0 radical (unpaired) electrons. The standard InChI is InChI=1S/C12H14FNO2/c13-10-3-1-2-4-12(10)14-11-5-6-15-7-9(11)8-16-14/h1-4,9,11H,5-8H2. The molecule has 0 amide bonds. The molecule has 3 nitrogen and oxygen atoms in total. The molecule has 0 bridgehead atoms. The third-order valence-electron chi connectivity index (χ3n) is 3.25. The summed E-state index contributed by atoms with van der Waals surface area (Å²) in [7, 11) is 0. The summed E-state index contributed by atoms with van der Waals surface area (Å²) in [5.74, 6) is 0.142. The monoisotopic (exact) mass is 223 g/mol. The molecule has 86 valence electrons. The van der Waals surface area contributed by atoms with Crippen molar-refractivity contribution in [1.29, 1.82) is 0 Å². The van der Waals surface area contributed by atoms with E-state index < -0.39 is 0 Å². The van der Waals surface area contributed by atoms with E-state index in [2.05, 4.69) is 0 Å². The second kappa shape index (κ2) is 4.03. The lowest BCUT2D eigenvalue weighted by molar-refractivity contribution is 0.0539. The van der Waals surface area contributed by atoms with Crippen molar-refractivity contribution in [3.8, 4) is 0 Å². The first-order valence-corrected chi connectivity index (χ1v) is 5.60. The Morgan fingerprint density at radius 1 is 1.25 bits per heavy atom. The van der Waals surface area contributed by atoms with Gasteiger partial charge in [0.1, 0.15) is 5.82 Å². The Balaban J connectivity index is 1.88. The van der Waals surface area contributed by atoms with Gasteiger partial charge in [-0.05, 0) is 18.6 Å². The molecule has 2 saturated heterocycles. The average molecular weight is 223 g/mol. The van der Waals surface area contributed by atoms with Crippen LogP contribution in [-0.4, -0.2) is 25.9 Å². The predicted octanol–water partition coefficient (Wildman–Crippen LogP) is 1.98. The number of nitrogens with zero attached hydrogens (tertiary/aromatic N) is 1. The molecule has 0 aromatic heterocycles. The minimum absolute atomic E-state index is 0.227. The zero-order valence-corrected chi connectivity index (χ0v) is 8.93. The Morgan fingerprint density at radius 2 is 2.12 bits per heavy atom. The summed E-state index contributed by atoms with van der Waals surface area (Å²) in [5.41, 5.74) is 0.539. The van der Waals surface area contributed by atoms with Crippen molar-refractivity contribution in [1.82, 2.24) is 0 Å². The molecule has 1 aromatic carbocycles. The van der Waals surface area contributed by atoms with Crippen molar-refractivity contribution < 1.29 is 14.0 Å². The van der Waals surface area contributed by atoms with E-state index in [1.54, 1.807) is 17.2 Å². The lowest BCUT2D eigenvalue weighted by Gasteiger charge is -2.30. The minimum Gasteiger partial charge on any atom is -0.381 e. The van der Waals surface area contributed by atoms with Crippen molar-refractivity contribution in [3.63, 3.8) is 0 Å². The van der Waals surface area contributed by atoms with E-state index in [1.165, 1.54) is 6.07 Å². The van der Waals surface area contributed by atoms with Gasteiger partial charge < -0.3 is 4.74 Å². The van der Waals surface area contributed by atoms with Crippen molar-refractivity contribution in [3.05, 3.63) is 30.1 Å². The van der Waals surface area contributed by atoms with Crippen LogP contribution >= 0.6 is 0 Å². The second-order valence-corrected chi connectivity index (χ2v) is 4.26. The van der Waals surface area contributed by atoms with E-state index in [0.717, 1.165) is 19.6 Å². The molecule has 1 aromatic rings. The van der Waals surface area contributed by atoms with Gasteiger partial charge in [-0.25, -0.2) is 9.45 Å². The van der Waals surface area contributed by atoms with Gasteiger partial charge in [0.25, 0.3) is 0 Å². The van der Waals surface area contributed by atoms with Crippen molar-refractivity contribution >= 4 is 5.69 Å². The van der Waals surface area contributed by atoms with Crippen LogP contribution in [0.2, 0.25) is 0 Å². The van der Waals surface area contributed by atoms with Crippen LogP contribution in [-0.2, 0) is 9.57 Å². The van der Waals surface area contributed by atoms with Gasteiger partial charge in [-0.15, -0.1) is 0 Å². The average Bonchev–Trinajstić information content (AvgIpc) is 2.74. The van der Waals surface area contributed by atoms with Gasteiger partial charge in [0.15, 0.2) is 0 Å². The van der Waals surface area contributed by atoms with Gasteiger partial charge in [-0.1, -0.05) is 12.1 Å². The van der Waals surface area contributed by atoms with Crippen LogP contribution in [0.15, 0.2) is 24.3 Å². The summed E-state index contributed by atoms with van der Waals surface area (Å²) in [6.07, 6.45) is 0.902. The summed E-state index contributed by atoms with van der Waals surface area (Å²) in [5, 5.41) is 1.72. The summed E-state index contributed by atoms with van der Waals surface area (Å²) in [4.78, 5) is 5.58. The molecule has 16 heavy (non-hydrogen) atoms. The molecule has 2 unspecified atom stereocenters. The van der Waals surface area contributed by atoms with Crippen LogP contribution in [0.1, 0.15) is 6.42 Å². The Morgan fingerprint density at radius 3 is 3.00 bits per heavy atom. The number of rotatable bonds is 1. The first-order valence-electron chi connectivity index (χ1n) is 5.60. The molecule has 0 spiro atoms. The molecule has 0 aliphatic carbocycles. The van der Waals surface area contributed by atoms with Crippen molar-refractivity contribution in [2.75, 3.05) is 24.9 Å². The van der Waals surface area contributed by atoms with Gasteiger partial charge in [-0.2, -0.15) is 0 Å². The van der Waals surface area contributed by atoms with Gasteiger partial charge in [0, 0.05) is 12.5 Å². The van der Waals surface area contributed by atoms with Gasteiger partial charge in [-0.3, -0.25) is 4.84 Å². The number of halogens is 1. The van der Waals surface area contributed by atoms with Crippen LogP contribution in [0.5, 0.6) is 0 Å².